The smallest absolute Gasteiger partial charge is 0.288 e. The number of rotatable bonds is 7. The van der Waals surface area contributed by atoms with Crippen LogP contribution in [0.1, 0.15) is 31.2 Å². The Morgan fingerprint density at radius 1 is 0.976 bits per heavy atom. The first-order valence-electron chi connectivity index (χ1n) is 14.4. The van der Waals surface area contributed by atoms with Gasteiger partial charge in [-0.25, -0.2) is 0 Å². The Labute approximate surface area is 239 Å². The highest BCUT2D eigenvalue weighted by molar-refractivity contribution is 5.92. The Kier molecular flexibility index (Phi) is 12.6. The molecule has 2 aliphatic rings. The highest BCUT2D eigenvalue weighted by Gasteiger charge is 2.40. The first-order valence-corrected chi connectivity index (χ1v) is 14.4. The number of aliphatic hydroxyl groups is 1. The second-order valence-electron chi connectivity index (χ2n) is 9.79. The number of nitrogens with zero attached hydrogens (tertiary/aromatic N) is 1. The fourth-order valence-corrected chi connectivity index (χ4v) is 5.02. The molecule has 2 aliphatic heterocycles. The zero-order valence-corrected chi connectivity index (χ0v) is 23.7. The summed E-state index contributed by atoms with van der Waals surface area (Å²) in [5, 5.41) is 10.0. The van der Waals surface area contributed by atoms with E-state index in [0.29, 0.717) is 102 Å². The zero-order valence-electron chi connectivity index (χ0n) is 23.7. The molecule has 1 fully saturated rings. The minimum atomic E-state index is -0.795. The number of para-hydroxylation sites is 1. The average Bonchev–Trinajstić information content (AvgIpc) is 3.00. The lowest BCUT2D eigenvalue weighted by molar-refractivity contribution is -0.171. The van der Waals surface area contributed by atoms with Gasteiger partial charge in [-0.3, -0.25) is 9.59 Å². The molecule has 0 bridgehead atoms. The Balaban J connectivity index is 1.63. The summed E-state index contributed by atoms with van der Waals surface area (Å²) >= 11 is 0. The van der Waals surface area contributed by atoms with Gasteiger partial charge in [-0.2, -0.15) is 0 Å². The van der Waals surface area contributed by atoms with E-state index in [2.05, 4.69) is 0 Å². The largest absolute Gasteiger partial charge is 0.464 e. The van der Waals surface area contributed by atoms with Crippen LogP contribution in [0.3, 0.4) is 0 Å². The monoisotopic (exact) mass is 575 g/mol. The van der Waals surface area contributed by atoms with Crippen molar-refractivity contribution in [2.45, 2.75) is 32.0 Å². The Morgan fingerprint density at radius 2 is 1.61 bits per heavy atom. The van der Waals surface area contributed by atoms with Gasteiger partial charge in [0.25, 0.3) is 5.91 Å². The molecule has 4 rings (SSSR count). The summed E-state index contributed by atoms with van der Waals surface area (Å²) in [6, 6.07) is 7.06. The van der Waals surface area contributed by atoms with Crippen molar-refractivity contribution in [1.29, 1.82) is 0 Å². The van der Waals surface area contributed by atoms with Crippen LogP contribution in [0, 0.1) is 5.92 Å². The van der Waals surface area contributed by atoms with Gasteiger partial charge in [-0.15, -0.1) is 0 Å². The fourth-order valence-electron chi connectivity index (χ4n) is 5.02. The molecule has 1 amide bonds. The molecular formula is C30H41NO10. The summed E-state index contributed by atoms with van der Waals surface area (Å²) in [6.07, 6.45) is 3.37. The molecule has 0 saturated carbocycles. The third-order valence-electron chi connectivity index (χ3n) is 7.10. The molecule has 41 heavy (non-hydrogen) atoms. The van der Waals surface area contributed by atoms with Crippen molar-refractivity contribution in [1.82, 2.24) is 4.90 Å². The molecule has 0 spiro atoms. The second kappa shape index (κ2) is 16.6. The van der Waals surface area contributed by atoms with Crippen LogP contribution in [0.5, 0.6) is 0 Å². The van der Waals surface area contributed by atoms with Crippen molar-refractivity contribution < 1.29 is 42.7 Å². The Hall–Kier alpha value is -2.80. The third-order valence-corrected chi connectivity index (χ3v) is 7.10. The molecule has 1 aromatic heterocycles. The molecule has 11 heteroatoms. The zero-order chi connectivity index (χ0) is 28.9. The number of allylic oxidation sites excluding steroid dienone is 1. The van der Waals surface area contributed by atoms with Gasteiger partial charge in [0.2, 0.25) is 6.29 Å². The minimum Gasteiger partial charge on any atom is -0.464 e. The molecule has 1 N–H and O–H groups in total. The van der Waals surface area contributed by atoms with Crippen LogP contribution in [0.25, 0.3) is 11.0 Å². The number of carbonyl (C=O) groups is 1. The predicted octanol–water partition coefficient (Wildman–Crippen LogP) is 2.45. The van der Waals surface area contributed by atoms with E-state index in [0.717, 1.165) is 0 Å². The van der Waals surface area contributed by atoms with E-state index in [-0.39, 0.29) is 29.6 Å². The van der Waals surface area contributed by atoms with Crippen LogP contribution in [0.15, 0.2) is 51.6 Å². The lowest BCUT2D eigenvalue weighted by Gasteiger charge is -2.37. The number of benzene rings is 1. The van der Waals surface area contributed by atoms with Crippen molar-refractivity contribution in [2.24, 2.45) is 5.92 Å². The molecule has 0 unspecified atom stereocenters. The number of hydrogen-bond donors (Lipinski definition) is 1. The van der Waals surface area contributed by atoms with E-state index in [1.54, 1.807) is 35.2 Å². The number of ether oxygens (including phenoxy) is 6. The molecule has 11 nitrogen and oxygen atoms in total. The molecule has 0 radical (unpaired) electrons. The van der Waals surface area contributed by atoms with E-state index < -0.39 is 12.2 Å². The first kappa shape index (κ1) is 31.1. The van der Waals surface area contributed by atoms with Gasteiger partial charge in [-0.1, -0.05) is 12.1 Å². The quantitative estimate of drug-likeness (QED) is 0.526. The van der Waals surface area contributed by atoms with E-state index in [4.69, 9.17) is 32.8 Å². The van der Waals surface area contributed by atoms with Gasteiger partial charge in [0.05, 0.1) is 64.5 Å². The van der Waals surface area contributed by atoms with E-state index in [1.807, 2.05) is 6.92 Å². The standard InChI is InChI=1S/C30H41NO10/c1-2-39-30-22(7-5-11-32)24(25-21-40-26-8-4-3-6-23(26)28(25)33)20-27(41-30)29(34)31-9-12-35-14-16-37-18-19-38-17-15-36-13-10-31/h3-4,6,8,20-22,24,30,32H,2,5,7,9-19H2,1H3/t22-,24+,30-/m0/s1. The van der Waals surface area contributed by atoms with Crippen molar-refractivity contribution in [3.63, 3.8) is 0 Å². The topological polar surface area (TPSA) is 126 Å². The van der Waals surface area contributed by atoms with E-state index in [1.165, 1.54) is 6.26 Å². The van der Waals surface area contributed by atoms with Crippen molar-refractivity contribution in [3.05, 3.63) is 58.2 Å². The maximum absolute atomic E-state index is 13.9. The van der Waals surface area contributed by atoms with Crippen LogP contribution in [0.2, 0.25) is 0 Å². The average molecular weight is 576 g/mol. The summed E-state index contributed by atoms with van der Waals surface area (Å²) in [4.78, 5) is 29.1. The summed E-state index contributed by atoms with van der Waals surface area (Å²) in [6.45, 7) is 6.05. The van der Waals surface area contributed by atoms with Gasteiger partial charge in [-0.05, 0) is 38.0 Å². The lowest BCUT2D eigenvalue weighted by Crippen LogP contribution is -2.43. The van der Waals surface area contributed by atoms with Crippen molar-refractivity contribution >= 4 is 16.9 Å². The van der Waals surface area contributed by atoms with Crippen LogP contribution in [-0.4, -0.2) is 101 Å². The van der Waals surface area contributed by atoms with Gasteiger partial charge >= 0.3 is 0 Å². The summed E-state index contributed by atoms with van der Waals surface area (Å²) in [5.74, 6) is -1.12. The van der Waals surface area contributed by atoms with Gasteiger partial charge in [0.1, 0.15) is 5.58 Å². The molecular weight excluding hydrogens is 534 g/mol. The molecule has 226 valence electrons. The Bertz CT molecular complexity index is 1170. The molecule has 3 heterocycles. The van der Waals surface area contributed by atoms with Gasteiger partial charge in [0, 0.05) is 43.7 Å². The lowest BCUT2D eigenvalue weighted by atomic mass is 9.81. The summed E-state index contributed by atoms with van der Waals surface area (Å²) < 4.78 is 40.3. The van der Waals surface area contributed by atoms with Crippen LogP contribution < -0.4 is 5.43 Å². The van der Waals surface area contributed by atoms with Gasteiger partial charge < -0.3 is 42.8 Å². The summed E-state index contributed by atoms with van der Waals surface area (Å²) in [5.41, 5.74) is 0.722. The molecule has 1 aromatic carbocycles. The number of hydrogen-bond acceptors (Lipinski definition) is 10. The molecule has 3 atom stereocenters. The maximum atomic E-state index is 13.9. The molecule has 1 saturated heterocycles. The normalized spacial score (nSPS) is 23.7. The second-order valence-corrected chi connectivity index (χ2v) is 9.79. The highest BCUT2D eigenvalue weighted by atomic mass is 16.7. The van der Waals surface area contributed by atoms with Crippen LogP contribution in [0.4, 0.5) is 0 Å². The van der Waals surface area contributed by atoms with Crippen LogP contribution in [-0.2, 0) is 33.2 Å². The van der Waals surface area contributed by atoms with Crippen LogP contribution >= 0.6 is 0 Å². The predicted molar refractivity (Wildman–Crippen MR) is 149 cm³/mol. The molecule has 2 aromatic rings. The fraction of sp³-hybridized carbons (Fsp3) is 0.600. The van der Waals surface area contributed by atoms with Crippen molar-refractivity contribution in [3.8, 4) is 0 Å². The van der Waals surface area contributed by atoms with Gasteiger partial charge in [0.15, 0.2) is 11.2 Å². The number of aliphatic hydroxyl groups excluding tert-OH is 1. The SMILES string of the molecule is CCO[C@H]1OC(C(=O)N2CCOCCOCCOCCOCC2)=C[C@@H](c2coc3ccccc3c2=O)[C@@H]1CCCO. The summed E-state index contributed by atoms with van der Waals surface area (Å²) in [7, 11) is 0. The van der Waals surface area contributed by atoms with E-state index in [9.17, 15) is 14.7 Å². The third kappa shape index (κ3) is 8.60. The highest BCUT2D eigenvalue weighted by Crippen LogP contribution is 2.39. The maximum Gasteiger partial charge on any atom is 0.288 e. The van der Waals surface area contributed by atoms with E-state index >= 15 is 0 Å². The first-order chi connectivity index (χ1) is 20.1. The minimum absolute atomic E-state index is 0.0201. The number of fused-ring (bicyclic) bond motifs is 1. The molecule has 0 aliphatic carbocycles. The Morgan fingerprint density at radius 3 is 2.24 bits per heavy atom. The number of amides is 1. The van der Waals surface area contributed by atoms with Crippen molar-refractivity contribution in [2.75, 3.05) is 79.2 Å². The number of carbonyl (C=O) groups excluding carboxylic acids is 1.